The normalized spacial score (nSPS) is 9.08. The molecular formula is C8H8N2O2. The van der Waals surface area contributed by atoms with Crippen molar-refractivity contribution in [1.82, 2.24) is 5.43 Å². The molecule has 0 atom stereocenters. The van der Waals surface area contributed by atoms with Gasteiger partial charge in [-0.15, -0.1) is 0 Å². The van der Waals surface area contributed by atoms with Gasteiger partial charge in [0.1, 0.15) is 0 Å². The summed E-state index contributed by atoms with van der Waals surface area (Å²) in [5.74, 6) is 4.45. The van der Waals surface area contributed by atoms with Gasteiger partial charge in [0.25, 0.3) is 5.91 Å². The minimum absolute atomic E-state index is 0.287. The SMILES string of the molecule is NNC(=O)c1ccccc1C=O. The molecule has 0 aliphatic carbocycles. The van der Waals surface area contributed by atoms with Gasteiger partial charge < -0.3 is 0 Å². The number of nitrogens with two attached hydrogens (primary N) is 1. The van der Waals surface area contributed by atoms with Gasteiger partial charge in [0.2, 0.25) is 0 Å². The van der Waals surface area contributed by atoms with Crippen molar-refractivity contribution < 1.29 is 9.59 Å². The number of nitrogen functional groups attached to an aromatic ring is 1. The van der Waals surface area contributed by atoms with E-state index in [2.05, 4.69) is 0 Å². The molecule has 0 saturated carbocycles. The Balaban J connectivity index is 3.13. The third kappa shape index (κ3) is 1.49. The van der Waals surface area contributed by atoms with Gasteiger partial charge in [0.05, 0.1) is 5.56 Å². The van der Waals surface area contributed by atoms with Gasteiger partial charge >= 0.3 is 0 Å². The molecule has 1 aromatic carbocycles. The van der Waals surface area contributed by atoms with Crippen LogP contribution in [0.25, 0.3) is 0 Å². The van der Waals surface area contributed by atoms with Crippen molar-refractivity contribution in [3.63, 3.8) is 0 Å². The fourth-order valence-corrected chi connectivity index (χ4v) is 0.884. The second-order valence-corrected chi connectivity index (χ2v) is 2.18. The summed E-state index contributed by atoms with van der Waals surface area (Å²) in [6.07, 6.45) is 0.616. The lowest BCUT2D eigenvalue weighted by Crippen LogP contribution is -2.30. The molecule has 0 radical (unpaired) electrons. The molecule has 1 rings (SSSR count). The number of amides is 1. The molecule has 4 heteroatoms. The predicted octanol–water partition coefficient (Wildman–Crippen LogP) is 0.103. The molecule has 0 heterocycles. The van der Waals surface area contributed by atoms with Crippen molar-refractivity contribution in [1.29, 1.82) is 0 Å². The van der Waals surface area contributed by atoms with E-state index >= 15 is 0 Å². The largest absolute Gasteiger partial charge is 0.298 e. The molecule has 4 nitrogen and oxygen atoms in total. The van der Waals surface area contributed by atoms with E-state index in [0.717, 1.165) is 0 Å². The van der Waals surface area contributed by atoms with Crippen molar-refractivity contribution in [2.75, 3.05) is 0 Å². The van der Waals surface area contributed by atoms with Crippen molar-refractivity contribution in [2.45, 2.75) is 0 Å². The van der Waals surface area contributed by atoms with Crippen LogP contribution in [0, 0.1) is 0 Å². The van der Waals surface area contributed by atoms with Crippen LogP contribution in [0.2, 0.25) is 0 Å². The maximum atomic E-state index is 11.0. The quantitative estimate of drug-likeness (QED) is 0.282. The molecule has 1 amide bonds. The average molecular weight is 164 g/mol. The maximum Gasteiger partial charge on any atom is 0.265 e. The molecular weight excluding hydrogens is 156 g/mol. The second-order valence-electron chi connectivity index (χ2n) is 2.18. The van der Waals surface area contributed by atoms with E-state index in [1.54, 1.807) is 18.2 Å². The van der Waals surface area contributed by atoms with Gasteiger partial charge in [0, 0.05) is 5.56 Å². The molecule has 1 aromatic rings. The molecule has 0 aliphatic rings. The Morgan fingerprint density at radius 3 is 2.67 bits per heavy atom. The molecule has 0 aromatic heterocycles. The van der Waals surface area contributed by atoms with Crippen molar-refractivity contribution in [3.05, 3.63) is 35.4 Å². The minimum atomic E-state index is -0.460. The van der Waals surface area contributed by atoms with Gasteiger partial charge in [-0.1, -0.05) is 18.2 Å². The smallest absolute Gasteiger partial charge is 0.265 e. The van der Waals surface area contributed by atoms with Gasteiger partial charge in [-0.3, -0.25) is 15.0 Å². The van der Waals surface area contributed by atoms with Gasteiger partial charge in [0.15, 0.2) is 6.29 Å². The number of hydrogen-bond acceptors (Lipinski definition) is 3. The summed E-state index contributed by atoms with van der Waals surface area (Å²) in [6.45, 7) is 0. The number of hydrazine groups is 1. The number of hydrogen-bond donors (Lipinski definition) is 2. The highest BCUT2D eigenvalue weighted by atomic mass is 16.2. The molecule has 12 heavy (non-hydrogen) atoms. The summed E-state index contributed by atoms with van der Waals surface area (Å²) in [6, 6.07) is 6.43. The Hall–Kier alpha value is -1.68. The summed E-state index contributed by atoms with van der Waals surface area (Å²) < 4.78 is 0. The van der Waals surface area contributed by atoms with Gasteiger partial charge in [-0.25, -0.2) is 5.84 Å². The van der Waals surface area contributed by atoms with Crippen LogP contribution in [0.15, 0.2) is 24.3 Å². The highest BCUT2D eigenvalue weighted by Gasteiger charge is 2.07. The third-order valence-corrected chi connectivity index (χ3v) is 1.46. The highest BCUT2D eigenvalue weighted by molar-refractivity contribution is 6.01. The number of nitrogens with one attached hydrogen (secondary N) is 1. The van der Waals surface area contributed by atoms with E-state index in [0.29, 0.717) is 11.8 Å². The zero-order chi connectivity index (χ0) is 8.97. The minimum Gasteiger partial charge on any atom is -0.298 e. The molecule has 0 saturated heterocycles. The lowest BCUT2D eigenvalue weighted by atomic mass is 10.1. The maximum absolute atomic E-state index is 11.0. The molecule has 0 aliphatic heterocycles. The summed E-state index contributed by atoms with van der Waals surface area (Å²) in [5, 5.41) is 0. The Bertz CT molecular complexity index is 310. The van der Waals surface area contributed by atoms with Crippen LogP contribution in [0.3, 0.4) is 0 Å². The van der Waals surface area contributed by atoms with E-state index in [1.807, 2.05) is 5.43 Å². The van der Waals surface area contributed by atoms with Crippen molar-refractivity contribution >= 4 is 12.2 Å². The van der Waals surface area contributed by atoms with Crippen LogP contribution in [0.5, 0.6) is 0 Å². The third-order valence-electron chi connectivity index (χ3n) is 1.46. The number of carbonyl (C=O) groups excluding carboxylic acids is 2. The molecule has 0 spiro atoms. The van der Waals surface area contributed by atoms with E-state index in [4.69, 9.17) is 5.84 Å². The van der Waals surface area contributed by atoms with Gasteiger partial charge in [-0.2, -0.15) is 0 Å². The molecule has 62 valence electrons. The summed E-state index contributed by atoms with van der Waals surface area (Å²) in [7, 11) is 0. The Morgan fingerprint density at radius 2 is 2.08 bits per heavy atom. The Labute approximate surface area is 69.3 Å². The van der Waals surface area contributed by atoms with Crippen LogP contribution < -0.4 is 11.3 Å². The average Bonchev–Trinajstić information content (AvgIpc) is 2.16. The predicted molar refractivity (Wildman–Crippen MR) is 43.5 cm³/mol. The number of benzene rings is 1. The molecule has 0 bridgehead atoms. The number of carbonyl (C=O) groups is 2. The van der Waals surface area contributed by atoms with E-state index < -0.39 is 5.91 Å². The van der Waals surface area contributed by atoms with Crippen LogP contribution in [-0.2, 0) is 0 Å². The lowest BCUT2D eigenvalue weighted by molar-refractivity contribution is 0.0948. The fraction of sp³-hybridized carbons (Fsp3) is 0. The first-order valence-corrected chi connectivity index (χ1v) is 3.34. The van der Waals surface area contributed by atoms with Crippen LogP contribution >= 0.6 is 0 Å². The van der Waals surface area contributed by atoms with E-state index in [9.17, 15) is 9.59 Å². The molecule has 0 unspecified atom stereocenters. The van der Waals surface area contributed by atoms with Crippen LogP contribution in [0.4, 0.5) is 0 Å². The second kappa shape index (κ2) is 3.64. The number of rotatable bonds is 2. The Morgan fingerprint density at radius 1 is 1.42 bits per heavy atom. The van der Waals surface area contributed by atoms with Crippen molar-refractivity contribution in [3.8, 4) is 0 Å². The highest BCUT2D eigenvalue weighted by Crippen LogP contribution is 2.04. The van der Waals surface area contributed by atoms with Crippen LogP contribution in [-0.4, -0.2) is 12.2 Å². The summed E-state index contributed by atoms with van der Waals surface area (Å²) in [4.78, 5) is 21.4. The molecule has 3 N–H and O–H groups in total. The first-order valence-electron chi connectivity index (χ1n) is 3.34. The zero-order valence-corrected chi connectivity index (χ0v) is 6.28. The zero-order valence-electron chi connectivity index (χ0n) is 6.28. The summed E-state index contributed by atoms with van der Waals surface area (Å²) in [5.41, 5.74) is 2.58. The number of aldehydes is 1. The standard InChI is InChI=1S/C8H8N2O2/c9-10-8(12)7-4-2-1-3-6(7)5-11/h1-5H,9H2,(H,10,12). The van der Waals surface area contributed by atoms with Gasteiger partial charge in [-0.05, 0) is 6.07 Å². The first kappa shape index (κ1) is 8.42. The fourth-order valence-electron chi connectivity index (χ4n) is 0.884. The first-order chi connectivity index (χ1) is 5.79. The van der Waals surface area contributed by atoms with E-state index in [-0.39, 0.29) is 5.56 Å². The van der Waals surface area contributed by atoms with Crippen molar-refractivity contribution in [2.24, 2.45) is 5.84 Å². The molecule has 0 fully saturated rings. The Kier molecular flexibility index (Phi) is 2.55. The monoisotopic (exact) mass is 164 g/mol. The topological polar surface area (TPSA) is 72.2 Å². The summed E-state index contributed by atoms with van der Waals surface area (Å²) >= 11 is 0. The lowest BCUT2D eigenvalue weighted by Gasteiger charge is -2.00. The van der Waals surface area contributed by atoms with Crippen LogP contribution in [0.1, 0.15) is 20.7 Å². The van der Waals surface area contributed by atoms with E-state index in [1.165, 1.54) is 6.07 Å².